The van der Waals surface area contributed by atoms with Crippen LogP contribution in [0.1, 0.15) is 27.0 Å². The molecule has 1 amide bonds. The van der Waals surface area contributed by atoms with E-state index in [0.717, 1.165) is 16.9 Å². The van der Waals surface area contributed by atoms with Gasteiger partial charge in [0.15, 0.2) is 11.5 Å². The van der Waals surface area contributed by atoms with Crippen molar-refractivity contribution in [2.45, 2.75) is 20.4 Å². The number of carbonyl (C=O) groups is 1. The van der Waals surface area contributed by atoms with Gasteiger partial charge in [-0.15, -0.1) is 0 Å². The van der Waals surface area contributed by atoms with E-state index in [1.54, 1.807) is 32.7 Å². The number of nitrogens with one attached hydrogen (secondary N) is 2. The van der Waals surface area contributed by atoms with Crippen molar-refractivity contribution < 1.29 is 14.3 Å². The number of hydrogen-bond acceptors (Lipinski definition) is 5. The van der Waals surface area contributed by atoms with E-state index in [2.05, 4.69) is 41.6 Å². The monoisotopic (exact) mass is 391 g/mol. The Labute approximate surface area is 170 Å². The minimum absolute atomic E-state index is 0.198. The molecule has 0 bridgehead atoms. The summed E-state index contributed by atoms with van der Waals surface area (Å²) in [5.41, 5.74) is 5.54. The topological polar surface area (TPSA) is 72.5 Å². The highest BCUT2D eigenvalue weighted by Crippen LogP contribution is 2.27. The molecule has 0 aliphatic heterocycles. The fourth-order valence-electron chi connectivity index (χ4n) is 2.89. The molecule has 0 saturated carbocycles. The van der Waals surface area contributed by atoms with Crippen LogP contribution in [0.4, 0.5) is 11.4 Å². The Hall–Kier alpha value is -3.54. The lowest BCUT2D eigenvalue weighted by atomic mass is 10.1. The fraction of sp³-hybridized carbons (Fsp3) is 0.217. The molecule has 0 aliphatic rings. The van der Waals surface area contributed by atoms with E-state index < -0.39 is 0 Å². The number of aromatic nitrogens is 1. The van der Waals surface area contributed by atoms with E-state index >= 15 is 0 Å². The van der Waals surface area contributed by atoms with Gasteiger partial charge in [0.05, 0.1) is 31.7 Å². The van der Waals surface area contributed by atoms with Gasteiger partial charge in [-0.05, 0) is 60.9 Å². The number of rotatable bonds is 7. The van der Waals surface area contributed by atoms with E-state index in [1.807, 2.05) is 24.3 Å². The molecule has 0 unspecified atom stereocenters. The number of pyridine rings is 1. The van der Waals surface area contributed by atoms with Crippen LogP contribution in [0.25, 0.3) is 0 Å². The number of nitrogens with zero attached hydrogens (tertiary/aromatic N) is 1. The van der Waals surface area contributed by atoms with Crippen LogP contribution in [0.15, 0.2) is 54.9 Å². The van der Waals surface area contributed by atoms with Crippen molar-refractivity contribution in [2.75, 3.05) is 19.5 Å². The first-order chi connectivity index (χ1) is 14.0. The Morgan fingerprint density at radius 1 is 0.897 bits per heavy atom. The Balaban J connectivity index is 1.67. The smallest absolute Gasteiger partial charge is 0.253 e. The van der Waals surface area contributed by atoms with Gasteiger partial charge >= 0.3 is 0 Å². The minimum atomic E-state index is -0.198. The summed E-state index contributed by atoms with van der Waals surface area (Å²) in [5, 5.41) is 6.20. The highest BCUT2D eigenvalue weighted by atomic mass is 16.5. The number of methoxy groups -OCH3 is 2. The lowest BCUT2D eigenvalue weighted by Gasteiger charge is -2.11. The third-order valence-corrected chi connectivity index (χ3v) is 4.70. The largest absolute Gasteiger partial charge is 0.493 e. The van der Waals surface area contributed by atoms with Gasteiger partial charge < -0.3 is 20.1 Å². The minimum Gasteiger partial charge on any atom is -0.493 e. The quantitative estimate of drug-likeness (QED) is 0.625. The van der Waals surface area contributed by atoms with Gasteiger partial charge in [0, 0.05) is 18.4 Å². The predicted molar refractivity (Wildman–Crippen MR) is 114 cm³/mol. The molecule has 3 aromatic rings. The maximum atomic E-state index is 12.6. The van der Waals surface area contributed by atoms with E-state index in [9.17, 15) is 4.79 Å². The van der Waals surface area contributed by atoms with E-state index in [-0.39, 0.29) is 5.91 Å². The van der Waals surface area contributed by atoms with Gasteiger partial charge in [-0.2, -0.15) is 0 Å². The molecule has 0 aliphatic carbocycles. The van der Waals surface area contributed by atoms with Crippen LogP contribution in [0.5, 0.6) is 11.5 Å². The second kappa shape index (κ2) is 9.10. The van der Waals surface area contributed by atoms with Crippen LogP contribution in [0.2, 0.25) is 0 Å². The van der Waals surface area contributed by atoms with Gasteiger partial charge in [0.2, 0.25) is 0 Å². The molecular weight excluding hydrogens is 366 g/mol. The SMILES string of the molecule is COc1ccc(CNC(=O)c2cncc(Nc3ccc(C)c(C)c3)c2)cc1OC. The molecule has 0 fully saturated rings. The fourth-order valence-corrected chi connectivity index (χ4v) is 2.89. The molecule has 29 heavy (non-hydrogen) atoms. The molecule has 2 aromatic carbocycles. The van der Waals surface area contributed by atoms with Crippen molar-refractivity contribution >= 4 is 17.3 Å². The maximum Gasteiger partial charge on any atom is 0.253 e. The van der Waals surface area contributed by atoms with Gasteiger partial charge in [0.1, 0.15) is 0 Å². The molecular formula is C23H25N3O3. The number of ether oxygens (including phenoxy) is 2. The number of hydrogen-bond donors (Lipinski definition) is 2. The van der Waals surface area contributed by atoms with Crippen LogP contribution in [0, 0.1) is 13.8 Å². The molecule has 2 N–H and O–H groups in total. The Morgan fingerprint density at radius 3 is 2.41 bits per heavy atom. The molecule has 6 nitrogen and oxygen atoms in total. The average molecular weight is 391 g/mol. The zero-order valence-electron chi connectivity index (χ0n) is 17.1. The summed E-state index contributed by atoms with van der Waals surface area (Å²) in [6.45, 7) is 4.51. The van der Waals surface area contributed by atoms with Crippen molar-refractivity contribution in [1.82, 2.24) is 10.3 Å². The van der Waals surface area contributed by atoms with E-state index in [0.29, 0.717) is 23.6 Å². The number of anilines is 2. The third-order valence-electron chi connectivity index (χ3n) is 4.70. The number of aryl methyl sites for hydroxylation is 2. The summed E-state index contributed by atoms with van der Waals surface area (Å²) in [7, 11) is 3.17. The summed E-state index contributed by atoms with van der Waals surface area (Å²) in [4.78, 5) is 16.8. The van der Waals surface area contributed by atoms with Crippen molar-refractivity contribution in [3.05, 3.63) is 77.1 Å². The zero-order chi connectivity index (χ0) is 20.8. The van der Waals surface area contributed by atoms with E-state index in [4.69, 9.17) is 9.47 Å². The summed E-state index contributed by atoms with van der Waals surface area (Å²) in [6, 6.07) is 13.5. The van der Waals surface area contributed by atoms with Gasteiger partial charge in [-0.25, -0.2) is 0 Å². The molecule has 0 atom stereocenters. The van der Waals surface area contributed by atoms with Crippen molar-refractivity contribution in [3.8, 4) is 11.5 Å². The predicted octanol–water partition coefficient (Wildman–Crippen LogP) is 4.39. The van der Waals surface area contributed by atoms with Gasteiger partial charge in [-0.3, -0.25) is 9.78 Å². The summed E-state index contributed by atoms with van der Waals surface area (Å²) in [5.74, 6) is 1.08. The van der Waals surface area contributed by atoms with Gasteiger partial charge in [0.25, 0.3) is 5.91 Å². The number of benzene rings is 2. The molecule has 1 heterocycles. The third kappa shape index (κ3) is 5.04. The van der Waals surface area contributed by atoms with Crippen LogP contribution in [0.3, 0.4) is 0 Å². The van der Waals surface area contributed by atoms with E-state index in [1.165, 1.54) is 11.1 Å². The molecule has 0 spiro atoms. The second-order valence-corrected chi connectivity index (χ2v) is 6.76. The summed E-state index contributed by atoms with van der Waals surface area (Å²) < 4.78 is 10.5. The summed E-state index contributed by atoms with van der Waals surface area (Å²) >= 11 is 0. The maximum absolute atomic E-state index is 12.6. The van der Waals surface area contributed by atoms with Gasteiger partial charge in [-0.1, -0.05) is 12.1 Å². The Bertz CT molecular complexity index is 1020. The first-order valence-electron chi connectivity index (χ1n) is 9.28. The van der Waals surface area contributed by atoms with Crippen LogP contribution < -0.4 is 20.1 Å². The van der Waals surface area contributed by atoms with Crippen LogP contribution in [-0.4, -0.2) is 25.1 Å². The normalized spacial score (nSPS) is 10.3. The molecule has 3 rings (SSSR count). The zero-order valence-corrected chi connectivity index (χ0v) is 17.1. The van der Waals surface area contributed by atoms with Crippen molar-refractivity contribution in [3.63, 3.8) is 0 Å². The lowest BCUT2D eigenvalue weighted by Crippen LogP contribution is -2.23. The Morgan fingerprint density at radius 2 is 1.69 bits per heavy atom. The first kappa shape index (κ1) is 20.2. The highest BCUT2D eigenvalue weighted by molar-refractivity contribution is 5.94. The van der Waals surface area contributed by atoms with Crippen molar-refractivity contribution in [2.24, 2.45) is 0 Å². The molecule has 150 valence electrons. The lowest BCUT2D eigenvalue weighted by molar-refractivity contribution is 0.0950. The number of amides is 1. The van der Waals surface area contributed by atoms with Crippen LogP contribution >= 0.6 is 0 Å². The summed E-state index contributed by atoms with van der Waals surface area (Å²) in [6.07, 6.45) is 3.25. The molecule has 6 heteroatoms. The van der Waals surface area contributed by atoms with Crippen molar-refractivity contribution in [1.29, 1.82) is 0 Å². The second-order valence-electron chi connectivity index (χ2n) is 6.76. The van der Waals surface area contributed by atoms with Crippen LogP contribution in [-0.2, 0) is 6.54 Å². The molecule has 0 radical (unpaired) electrons. The Kier molecular flexibility index (Phi) is 6.34. The highest BCUT2D eigenvalue weighted by Gasteiger charge is 2.09. The number of carbonyl (C=O) groups excluding carboxylic acids is 1. The molecule has 0 saturated heterocycles. The standard InChI is InChI=1S/C23H25N3O3/c1-15-5-7-19(9-16(15)2)26-20-11-18(13-24-14-20)23(27)25-12-17-6-8-21(28-3)22(10-17)29-4/h5-11,13-14,26H,12H2,1-4H3,(H,25,27). The first-order valence-corrected chi connectivity index (χ1v) is 9.28. The molecule has 1 aromatic heterocycles. The average Bonchev–Trinajstić information content (AvgIpc) is 2.74.